The van der Waals surface area contributed by atoms with Gasteiger partial charge in [0.1, 0.15) is 12.7 Å². The highest BCUT2D eigenvalue weighted by Crippen LogP contribution is 2.23. The lowest BCUT2D eigenvalue weighted by molar-refractivity contribution is -0.0428. The van der Waals surface area contributed by atoms with E-state index in [1.807, 2.05) is 0 Å². The molecule has 120 valence electrons. The molecule has 0 fully saturated rings. The Morgan fingerprint density at radius 2 is 1.76 bits per heavy atom. The monoisotopic (exact) mass is 306 g/mol. The van der Waals surface area contributed by atoms with Crippen LogP contribution >= 0.6 is 0 Å². The van der Waals surface area contributed by atoms with Crippen LogP contribution in [0, 0.1) is 11.6 Å². The predicted molar refractivity (Wildman–Crippen MR) is 71.1 cm³/mol. The Balaban J connectivity index is 2.48. The maximum atomic E-state index is 13.6. The van der Waals surface area contributed by atoms with Crippen molar-refractivity contribution in [3.8, 4) is 5.75 Å². The Bertz CT molecular complexity index is 418. The van der Waals surface area contributed by atoms with E-state index in [0.717, 1.165) is 12.1 Å². The van der Waals surface area contributed by atoms with Gasteiger partial charge in [-0.05, 0) is 24.6 Å². The molecule has 0 spiro atoms. The zero-order valence-corrected chi connectivity index (χ0v) is 12.0. The van der Waals surface area contributed by atoms with E-state index in [4.69, 9.17) is 19.3 Å². The number of ether oxygens (including phenoxy) is 3. The topological polar surface area (TPSA) is 68.2 Å². The van der Waals surface area contributed by atoms with Crippen LogP contribution in [0.4, 0.5) is 8.78 Å². The van der Waals surface area contributed by atoms with Crippen LogP contribution in [0.2, 0.25) is 0 Å². The molecule has 1 rings (SSSR count). The minimum Gasteiger partial charge on any atom is -0.485 e. The summed E-state index contributed by atoms with van der Waals surface area (Å²) in [6.07, 6.45) is -1.23. The van der Waals surface area contributed by atoms with Crippen molar-refractivity contribution in [2.45, 2.75) is 25.7 Å². The number of aliphatic hydroxyl groups excluding tert-OH is 2. The Morgan fingerprint density at radius 3 is 2.29 bits per heavy atom. The average Bonchev–Trinajstić information content (AvgIpc) is 2.44. The zero-order chi connectivity index (χ0) is 15.8. The van der Waals surface area contributed by atoms with E-state index in [1.54, 1.807) is 6.92 Å². The van der Waals surface area contributed by atoms with Gasteiger partial charge in [0.25, 0.3) is 0 Å². The van der Waals surface area contributed by atoms with Crippen molar-refractivity contribution in [3.63, 3.8) is 0 Å². The second-order valence-electron chi connectivity index (χ2n) is 4.61. The van der Waals surface area contributed by atoms with Crippen LogP contribution in [0.1, 0.15) is 12.5 Å². The summed E-state index contributed by atoms with van der Waals surface area (Å²) >= 11 is 0. The van der Waals surface area contributed by atoms with Gasteiger partial charge in [-0.15, -0.1) is 0 Å². The second kappa shape index (κ2) is 8.89. The molecule has 2 atom stereocenters. The third-order valence-corrected chi connectivity index (χ3v) is 2.64. The predicted octanol–water partition coefficient (Wildman–Crippen LogP) is 1.25. The van der Waals surface area contributed by atoms with Crippen molar-refractivity contribution < 1.29 is 33.2 Å². The Hall–Kier alpha value is -1.28. The van der Waals surface area contributed by atoms with Gasteiger partial charge in [-0.1, -0.05) is 0 Å². The molecule has 0 aliphatic rings. The fourth-order valence-electron chi connectivity index (χ4n) is 1.63. The molecule has 0 aliphatic heterocycles. The number of hydrogen-bond donors (Lipinski definition) is 2. The van der Waals surface area contributed by atoms with E-state index in [0.29, 0.717) is 6.61 Å². The molecule has 1 aromatic rings. The largest absolute Gasteiger partial charge is 0.485 e. The van der Waals surface area contributed by atoms with Crippen LogP contribution in [0.3, 0.4) is 0 Å². The third kappa shape index (κ3) is 5.92. The maximum absolute atomic E-state index is 13.6. The fraction of sp³-hybridized carbons (Fsp3) is 0.571. The number of methoxy groups -OCH3 is 1. The van der Waals surface area contributed by atoms with Crippen LogP contribution in [0.25, 0.3) is 0 Å². The highest BCUT2D eigenvalue weighted by molar-refractivity contribution is 5.31. The normalized spacial score (nSPS) is 14.0. The molecule has 2 unspecified atom stereocenters. The van der Waals surface area contributed by atoms with E-state index < -0.39 is 30.1 Å². The lowest BCUT2D eigenvalue weighted by atomic mass is 10.2. The van der Waals surface area contributed by atoms with Crippen molar-refractivity contribution >= 4 is 0 Å². The van der Waals surface area contributed by atoms with Gasteiger partial charge in [0.2, 0.25) is 0 Å². The van der Waals surface area contributed by atoms with Gasteiger partial charge in [0.05, 0.1) is 25.9 Å². The zero-order valence-electron chi connectivity index (χ0n) is 12.0. The number of hydrogen-bond acceptors (Lipinski definition) is 5. The molecule has 0 aromatic heterocycles. The lowest BCUT2D eigenvalue weighted by Gasteiger charge is -2.17. The van der Waals surface area contributed by atoms with Gasteiger partial charge in [0, 0.05) is 7.11 Å². The lowest BCUT2D eigenvalue weighted by Crippen LogP contribution is -2.27. The summed E-state index contributed by atoms with van der Waals surface area (Å²) in [7, 11) is 1.53. The van der Waals surface area contributed by atoms with Gasteiger partial charge >= 0.3 is 0 Å². The SMILES string of the molecule is COCC(C)OCC(O)COc1c(F)cc(CO)cc1F. The highest BCUT2D eigenvalue weighted by atomic mass is 19.1. The van der Waals surface area contributed by atoms with Crippen molar-refractivity contribution in [1.82, 2.24) is 0 Å². The van der Waals surface area contributed by atoms with Gasteiger partial charge in [-0.25, -0.2) is 8.78 Å². The van der Waals surface area contributed by atoms with Gasteiger partial charge in [-0.3, -0.25) is 0 Å². The Kier molecular flexibility index (Phi) is 7.52. The molecule has 5 nitrogen and oxygen atoms in total. The molecule has 1 aromatic carbocycles. The summed E-state index contributed by atoms with van der Waals surface area (Å²) in [6, 6.07) is 1.95. The van der Waals surface area contributed by atoms with Crippen molar-refractivity contribution in [2.75, 3.05) is 26.9 Å². The number of rotatable bonds is 9. The summed E-state index contributed by atoms with van der Waals surface area (Å²) in [4.78, 5) is 0. The molecular weight excluding hydrogens is 286 g/mol. The molecule has 0 amide bonds. The van der Waals surface area contributed by atoms with Crippen LogP contribution in [-0.4, -0.2) is 49.4 Å². The quantitative estimate of drug-likeness (QED) is 0.718. The third-order valence-electron chi connectivity index (χ3n) is 2.64. The first-order valence-corrected chi connectivity index (χ1v) is 6.48. The summed E-state index contributed by atoms with van der Waals surface area (Å²) in [5, 5.41) is 18.5. The second-order valence-corrected chi connectivity index (χ2v) is 4.61. The van der Waals surface area contributed by atoms with E-state index in [-0.39, 0.29) is 24.9 Å². The summed E-state index contributed by atoms with van der Waals surface area (Å²) in [5.74, 6) is -2.45. The van der Waals surface area contributed by atoms with Crippen LogP contribution in [0.15, 0.2) is 12.1 Å². The summed E-state index contributed by atoms with van der Waals surface area (Å²) in [5.41, 5.74) is 0.106. The first kappa shape index (κ1) is 17.8. The van der Waals surface area contributed by atoms with E-state index in [9.17, 15) is 13.9 Å². The molecule has 7 heteroatoms. The molecule has 2 N–H and O–H groups in total. The summed E-state index contributed by atoms with van der Waals surface area (Å²) < 4.78 is 42.2. The summed E-state index contributed by atoms with van der Waals surface area (Å²) in [6.45, 7) is 1.32. The molecule has 0 saturated heterocycles. The maximum Gasteiger partial charge on any atom is 0.190 e. The molecule has 0 bridgehead atoms. The Labute approximate surface area is 122 Å². The van der Waals surface area contributed by atoms with Gasteiger partial charge in [0.15, 0.2) is 17.4 Å². The first-order chi connectivity index (χ1) is 9.97. The average molecular weight is 306 g/mol. The van der Waals surface area contributed by atoms with Gasteiger partial charge in [-0.2, -0.15) is 0 Å². The van der Waals surface area contributed by atoms with E-state index >= 15 is 0 Å². The highest BCUT2D eigenvalue weighted by Gasteiger charge is 2.15. The molecule has 0 aliphatic carbocycles. The minimum atomic E-state index is -1.03. The Morgan fingerprint density at radius 1 is 1.14 bits per heavy atom. The molecule has 21 heavy (non-hydrogen) atoms. The number of aliphatic hydroxyl groups is 2. The smallest absolute Gasteiger partial charge is 0.190 e. The molecule has 0 heterocycles. The van der Waals surface area contributed by atoms with Crippen molar-refractivity contribution in [2.24, 2.45) is 0 Å². The van der Waals surface area contributed by atoms with Crippen molar-refractivity contribution in [3.05, 3.63) is 29.3 Å². The van der Waals surface area contributed by atoms with Crippen molar-refractivity contribution in [1.29, 1.82) is 0 Å². The number of halogens is 2. The number of benzene rings is 1. The van der Waals surface area contributed by atoms with Crippen LogP contribution in [-0.2, 0) is 16.1 Å². The van der Waals surface area contributed by atoms with Crippen LogP contribution in [0.5, 0.6) is 5.75 Å². The van der Waals surface area contributed by atoms with E-state index in [1.165, 1.54) is 7.11 Å². The minimum absolute atomic E-state index is 0.0392. The molecular formula is C14H20F2O5. The van der Waals surface area contributed by atoms with Gasteiger partial charge < -0.3 is 24.4 Å². The standard InChI is InChI=1S/C14H20F2O5/c1-9(6-19-2)20-7-11(18)8-21-14-12(15)3-10(5-17)4-13(14)16/h3-4,9,11,17-18H,5-8H2,1-2H3. The molecule has 0 radical (unpaired) electrons. The molecule has 0 saturated carbocycles. The fourth-order valence-corrected chi connectivity index (χ4v) is 1.63. The van der Waals surface area contributed by atoms with Crippen LogP contribution < -0.4 is 4.74 Å². The first-order valence-electron chi connectivity index (χ1n) is 6.48. The van der Waals surface area contributed by atoms with E-state index in [2.05, 4.69) is 0 Å².